The third-order valence-electron chi connectivity index (χ3n) is 2.17. The van der Waals surface area contributed by atoms with Crippen LogP contribution in [0.15, 0.2) is 12.3 Å². The minimum absolute atomic E-state index is 0.161. The van der Waals surface area contributed by atoms with Crippen molar-refractivity contribution in [2.24, 2.45) is 0 Å². The van der Waals surface area contributed by atoms with Crippen LogP contribution in [0.4, 0.5) is 0 Å². The zero-order valence-corrected chi connectivity index (χ0v) is 10.8. The van der Waals surface area contributed by atoms with E-state index in [0.717, 1.165) is 0 Å². The molecule has 0 aliphatic carbocycles. The van der Waals surface area contributed by atoms with Crippen molar-refractivity contribution in [1.29, 1.82) is 0 Å². The Morgan fingerprint density at radius 2 is 1.89 bits per heavy atom. The van der Waals surface area contributed by atoms with Crippen molar-refractivity contribution >= 4 is 17.9 Å². The molecule has 0 amide bonds. The lowest BCUT2D eigenvalue weighted by molar-refractivity contribution is -0.168. The summed E-state index contributed by atoms with van der Waals surface area (Å²) in [6, 6.07) is 0. The van der Waals surface area contributed by atoms with E-state index in [1.54, 1.807) is 6.08 Å². The molecule has 0 bridgehead atoms. The fourth-order valence-electron chi connectivity index (χ4n) is 1.37. The van der Waals surface area contributed by atoms with Crippen LogP contribution in [0, 0.1) is 0 Å². The zero-order chi connectivity index (χ0) is 14.3. The molecule has 2 unspecified atom stereocenters. The first-order valence-corrected chi connectivity index (χ1v) is 5.76. The summed E-state index contributed by atoms with van der Waals surface area (Å²) in [7, 11) is 0. The predicted octanol–water partition coefficient (Wildman–Crippen LogP) is 0.327. The van der Waals surface area contributed by atoms with Gasteiger partial charge in [0.1, 0.15) is 13.2 Å². The van der Waals surface area contributed by atoms with Crippen LogP contribution in [0.5, 0.6) is 0 Å². The molecule has 1 rings (SSSR count). The largest absolute Gasteiger partial charge is 0.486 e. The highest BCUT2D eigenvalue weighted by molar-refractivity contribution is 5.75. The first-order chi connectivity index (χ1) is 8.99. The van der Waals surface area contributed by atoms with Gasteiger partial charge in [0.15, 0.2) is 12.2 Å². The minimum Gasteiger partial charge on any atom is -0.486 e. The standard InChI is InChI=1S/C12H16O7/c1-8(13)17-6-10(19-9(2)14)7-18-12(15)11-4-3-5-16-11/h3,5,10-11H,4,6-7H2,1-2H3. The Balaban J connectivity index is 2.35. The van der Waals surface area contributed by atoms with Crippen molar-refractivity contribution < 1.29 is 33.3 Å². The molecule has 19 heavy (non-hydrogen) atoms. The number of ether oxygens (including phenoxy) is 4. The van der Waals surface area contributed by atoms with Gasteiger partial charge in [-0.1, -0.05) is 0 Å². The summed E-state index contributed by atoms with van der Waals surface area (Å²) in [5.74, 6) is -1.61. The Bertz CT molecular complexity index is 366. The predicted molar refractivity (Wildman–Crippen MR) is 61.8 cm³/mol. The normalized spacial score (nSPS) is 18.3. The molecule has 0 aromatic rings. The quantitative estimate of drug-likeness (QED) is 0.508. The van der Waals surface area contributed by atoms with Gasteiger partial charge in [-0.2, -0.15) is 0 Å². The van der Waals surface area contributed by atoms with Crippen LogP contribution in [0.2, 0.25) is 0 Å². The molecule has 1 aliphatic heterocycles. The van der Waals surface area contributed by atoms with Gasteiger partial charge in [-0.3, -0.25) is 9.59 Å². The molecule has 1 aliphatic rings. The molecule has 0 saturated carbocycles. The van der Waals surface area contributed by atoms with Gasteiger partial charge in [0, 0.05) is 20.3 Å². The molecule has 7 heteroatoms. The van der Waals surface area contributed by atoms with Gasteiger partial charge in [-0.25, -0.2) is 4.79 Å². The van der Waals surface area contributed by atoms with Crippen molar-refractivity contribution in [1.82, 2.24) is 0 Å². The number of rotatable bonds is 6. The van der Waals surface area contributed by atoms with E-state index in [0.29, 0.717) is 6.42 Å². The molecular formula is C12H16O7. The van der Waals surface area contributed by atoms with Gasteiger partial charge < -0.3 is 18.9 Å². The van der Waals surface area contributed by atoms with Crippen LogP contribution < -0.4 is 0 Å². The van der Waals surface area contributed by atoms with Gasteiger partial charge in [-0.05, 0) is 6.08 Å². The van der Waals surface area contributed by atoms with Gasteiger partial charge in [-0.15, -0.1) is 0 Å². The molecule has 7 nitrogen and oxygen atoms in total. The summed E-state index contributed by atoms with van der Waals surface area (Å²) in [5.41, 5.74) is 0. The molecule has 0 spiro atoms. The average molecular weight is 272 g/mol. The lowest BCUT2D eigenvalue weighted by Crippen LogP contribution is -2.32. The summed E-state index contributed by atoms with van der Waals surface area (Å²) in [5, 5.41) is 0. The highest BCUT2D eigenvalue weighted by Gasteiger charge is 2.24. The summed E-state index contributed by atoms with van der Waals surface area (Å²) in [6.45, 7) is 2.10. The van der Waals surface area contributed by atoms with E-state index in [-0.39, 0.29) is 13.2 Å². The lowest BCUT2D eigenvalue weighted by Gasteiger charge is -2.17. The second-order valence-electron chi connectivity index (χ2n) is 3.90. The molecule has 0 N–H and O–H groups in total. The third-order valence-corrected chi connectivity index (χ3v) is 2.17. The van der Waals surface area contributed by atoms with Crippen LogP contribution in [-0.2, 0) is 33.3 Å². The summed E-state index contributed by atoms with van der Waals surface area (Å²) in [4.78, 5) is 33.1. The highest BCUT2D eigenvalue weighted by atomic mass is 16.6. The summed E-state index contributed by atoms with van der Waals surface area (Å²) in [6.07, 6.45) is 2.09. The fourth-order valence-corrected chi connectivity index (χ4v) is 1.37. The molecule has 0 radical (unpaired) electrons. The molecular weight excluding hydrogens is 256 g/mol. The second kappa shape index (κ2) is 7.40. The maximum atomic E-state index is 11.5. The van der Waals surface area contributed by atoms with Crippen molar-refractivity contribution in [3.63, 3.8) is 0 Å². The second-order valence-corrected chi connectivity index (χ2v) is 3.90. The van der Waals surface area contributed by atoms with E-state index in [1.807, 2.05) is 0 Å². The maximum Gasteiger partial charge on any atom is 0.347 e. The fraction of sp³-hybridized carbons (Fsp3) is 0.583. The lowest BCUT2D eigenvalue weighted by atomic mass is 10.3. The molecule has 0 aromatic carbocycles. The van der Waals surface area contributed by atoms with Gasteiger partial charge >= 0.3 is 17.9 Å². The van der Waals surface area contributed by atoms with Gasteiger partial charge in [0.2, 0.25) is 0 Å². The van der Waals surface area contributed by atoms with E-state index in [2.05, 4.69) is 0 Å². The maximum absolute atomic E-state index is 11.5. The Morgan fingerprint density at radius 1 is 1.21 bits per heavy atom. The first-order valence-electron chi connectivity index (χ1n) is 5.76. The van der Waals surface area contributed by atoms with E-state index in [1.165, 1.54) is 20.1 Å². The van der Waals surface area contributed by atoms with E-state index in [9.17, 15) is 14.4 Å². The topological polar surface area (TPSA) is 88.1 Å². The monoisotopic (exact) mass is 272 g/mol. The van der Waals surface area contributed by atoms with E-state index in [4.69, 9.17) is 18.9 Å². The summed E-state index contributed by atoms with van der Waals surface area (Å²) >= 11 is 0. The highest BCUT2D eigenvalue weighted by Crippen LogP contribution is 2.10. The van der Waals surface area contributed by atoms with Crippen LogP contribution >= 0.6 is 0 Å². The molecule has 0 fully saturated rings. The third kappa shape index (κ3) is 5.89. The summed E-state index contributed by atoms with van der Waals surface area (Å²) < 4.78 is 19.5. The molecule has 106 valence electrons. The van der Waals surface area contributed by atoms with Crippen LogP contribution in [-0.4, -0.2) is 43.3 Å². The zero-order valence-electron chi connectivity index (χ0n) is 10.8. The first kappa shape index (κ1) is 15.0. The van der Waals surface area contributed by atoms with Gasteiger partial charge in [0.25, 0.3) is 0 Å². The van der Waals surface area contributed by atoms with Crippen LogP contribution in [0.1, 0.15) is 20.3 Å². The number of carbonyl (C=O) groups is 3. The molecule has 0 aromatic heterocycles. The van der Waals surface area contributed by atoms with Crippen molar-refractivity contribution in [2.75, 3.05) is 13.2 Å². The average Bonchev–Trinajstić information content (AvgIpc) is 2.85. The number of esters is 3. The van der Waals surface area contributed by atoms with Crippen molar-refractivity contribution in [3.8, 4) is 0 Å². The Kier molecular flexibility index (Phi) is 5.84. The van der Waals surface area contributed by atoms with E-state index >= 15 is 0 Å². The Hall–Kier alpha value is -2.05. The Morgan fingerprint density at radius 3 is 2.42 bits per heavy atom. The van der Waals surface area contributed by atoms with Gasteiger partial charge in [0.05, 0.1) is 6.26 Å². The van der Waals surface area contributed by atoms with Crippen molar-refractivity contribution in [2.45, 2.75) is 32.5 Å². The van der Waals surface area contributed by atoms with Crippen molar-refractivity contribution in [3.05, 3.63) is 12.3 Å². The van der Waals surface area contributed by atoms with Crippen LogP contribution in [0.25, 0.3) is 0 Å². The number of carbonyl (C=O) groups excluding carboxylic acids is 3. The number of hydrogen-bond donors (Lipinski definition) is 0. The smallest absolute Gasteiger partial charge is 0.347 e. The number of hydrogen-bond acceptors (Lipinski definition) is 7. The Labute approximate surface area is 110 Å². The molecule has 0 saturated heterocycles. The minimum atomic E-state index is -0.820. The van der Waals surface area contributed by atoms with E-state index < -0.39 is 30.1 Å². The molecule has 1 heterocycles. The molecule has 2 atom stereocenters. The van der Waals surface area contributed by atoms with Crippen LogP contribution in [0.3, 0.4) is 0 Å². The SMILES string of the molecule is CC(=O)OCC(COC(=O)C1CC=CO1)OC(C)=O.